The first-order valence-corrected chi connectivity index (χ1v) is 7.58. The van der Waals surface area contributed by atoms with Gasteiger partial charge in [-0.25, -0.2) is 4.79 Å². The molecular weight excluding hydrogens is 280 g/mol. The summed E-state index contributed by atoms with van der Waals surface area (Å²) < 4.78 is 7.12. The van der Waals surface area contributed by atoms with Gasteiger partial charge in [-0.15, -0.1) is 0 Å². The number of hydrogen-bond acceptors (Lipinski definition) is 4. The van der Waals surface area contributed by atoms with Crippen LogP contribution in [0.1, 0.15) is 31.2 Å². The van der Waals surface area contributed by atoms with Gasteiger partial charge in [-0.3, -0.25) is 9.67 Å². The van der Waals surface area contributed by atoms with Gasteiger partial charge >= 0.3 is 6.09 Å². The number of nitrogens with zero attached hydrogens (tertiary/aromatic N) is 3. The normalized spacial score (nSPS) is 15.0. The van der Waals surface area contributed by atoms with Crippen molar-refractivity contribution in [3.63, 3.8) is 0 Å². The molecule has 6 heteroatoms. The van der Waals surface area contributed by atoms with E-state index >= 15 is 0 Å². The summed E-state index contributed by atoms with van der Waals surface area (Å²) >= 11 is 0. The maximum atomic E-state index is 11.8. The van der Waals surface area contributed by atoms with Gasteiger partial charge < -0.3 is 10.1 Å². The number of carbonyl (C=O) groups is 1. The van der Waals surface area contributed by atoms with Crippen molar-refractivity contribution < 1.29 is 9.53 Å². The molecule has 1 aliphatic carbocycles. The van der Waals surface area contributed by atoms with E-state index in [1.165, 1.54) is 0 Å². The molecule has 0 atom stereocenters. The fourth-order valence-corrected chi connectivity index (χ4v) is 2.69. The molecule has 1 N–H and O–H groups in total. The molecule has 22 heavy (non-hydrogen) atoms. The number of hydrogen-bond donors (Lipinski definition) is 1. The third kappa shape index (κ3) is 3.63. The van der Waals surface area contributed by atoms with Crippen molar-refractivity contribution in [2.45, 2.75) is 38.3 Å². The highest BCUT2D eigenvalue weighted by atomic mass is 16.6. The van der Waals surface area contributed by atoms with Crippen molar-refractivity contribution in [1.82, 2.24) is 20.1 Å². The summed E-state index contributed by atoms with van der Waals surface area (Å²) in [4.78, 5) is 16.0. The Labute approximate surface area is 129 Å². The highest BCUT2D eigenvalue weighted by Gasteiger charge is 2.18. The monoisotopic (exact) mass is 300 g/mol. The number of pyridine rings is 1. The van der Waals surface area contributed by atoms with E-state index < -0.39 is 0 Å². The Morgan fingerprint density at radius 1 is 1.32 bits per heavy atom. The molecule has 3 rings (SSSR count). The van der Waals surface area contributed by atoms with Gasteiger partial charge in [0.25, 0.3) is 0 Å². The average molecular weight is 300 g/mol. The summed E-state index contributed by atoms with van der Waals surface area (Å²) in [6, 6.07) is 2.00. The van der Waals surface area contributed by atoms with Crippen molar-refractivity contribution in [1.29, 1.82) is 0 Å². The Morgan fingerprint density at radius 2 is 2.14 bits per heavy atom. The highest BCUT2D eigenvalue weighted by molar-refractivity contribution is 5.67. The number of carbonyl (C=O) groups excluding carboxylic acids is 1. The predicted molar refractivity (Wildman–Crippen MR) is 82.0 cm³/mol. The summed E-state index contributed by atoms with van der Waals surface area (Å²) in [6.07, 6.45) is 11.2. The molecule has 1 fully saturated rings. The van der Waals surface area contributed by atoms with Gasteiger partial charge in [0.2, 0.25) is 0 Å². The Hall–Kier alpha value is -2.37. The molecule has 1 amide bonds. The minimum absolute atomic E-state index is 0.0832. The van der Waals surface area contributed by atoms with Gasteiger partial charge in [-0.05, 0) is 37.3 Å². The average Bonchev–Trinajstić information content (AvgIpc) is 3.17. The summed E-state index contributed by atoms with van der Waals surface area (Å²) in [6.45, 7) is 0.409. The van der Waals surface area contributed by atoms with E-state index in [4.69, 9.17) is 4.74 Å². The molecule has 0 spiro atoms. The number of ether oxygens (including phenoxy) is 1. The number of aromatic nitrogens is 3. The van der Waals surface area contributed by atoms with Crippen LogP contribution in [0.2, 0.25) is 0 Å². The van der Waals surface area contributed by atoms with Gasteiger partial charge in [0.15, 0.2) is 0 Å². The molecule has 6 nitrogen and oxygen atoms in total. The standard InChI is InChI=1S/C16H20N4O2/c1-20-11-14(10-19-20)13-6-12(7-17-9-13)8-18-16(21)22-15-4-2-3-5-15/h6-7,9-11,15H,2-5,8H2,1H3,(H,18,21). The van der Waals surface area contributed by atoms with Crippen LogP contribution in [0.15, 0.2) is 30.9 Å². The maximum Gasteiger partial charge on any atom is 0.407 e. The predicted octanol–water partition coefficient (Wildman–Crippen LogP) is 2.65. The maximum absolute atomic E-state index is 11.8. The summed E-state index contributed by atoms with van der Waals surface area (Å²) in [5.41, 5.74) is 2.92. The third-order valence-electron chi connectivity index (χ3n) is 3.85. The lowest BCUT2D eigenvalue weighted by atomic mass is 10.1. The van der Waals surface area contributed by atoms with Gasteiger partial charge in [-0.1, -0.05) is 0 Å². The molecular formula is C16H20N4O2. The Bertz CT molecular complexity index is 647. The van der Waals surface area contributed by atoms with Crippen LogP contribution in [0.5, 0.6) is 0 Å². The Balaban J connectivity index is 1.57. The molecule has 1 aliphatic rings. The molecule has 2 heterocycles. The molecule has 0 saturated heterocycles. The van der Waals surface area contributed by atoms with Crippen LogP contribution in [0.25, 0.3) is 11.1 Å². The van der Waals surface area contributed by atoms with Gasteiger partial charge in [-0.2, -0.15) is 5.10 Å². The Kier molecular flexibility index (Phi) is 4.37. The number of aryl methyl sites for hydroxylation is 1. The van der Waals surface area contributed by atoms with Crippen molar-refractivity contribution in [2.75, 3.05) is 0 Å². The van der Waals surface area contributed by atoms with Crippen LogP contribution in [0.3, 0.4) is 0 Å². The molecule has 2 aromatic rings. The summed E-state index contributed by atoms with van der Waals surface area (Å²) in [5.74, 6) is 0. The molecule has 0 radical (unpaired) electrons. The van der Waals surface area contributed by atoms with Crippen molar-refractivity contribution in [3.8, 4) is 11.1 Å². The minimum atomic E-state index is -0.348. The lowest BCUT2D eigenvalue weighted by molar-refractivity contribution is 0.100. The van der Waals surface area contributed by atoms with Gasteiger partial charge in [0.1, 0.15) is 6.10 Å². The fraction of sp³-hybridized carbons (Fsp3) is 0.438. The Morgan fingerprint density at radius 3 is 2.86 bits per heavy atom. The minimum Gasteiger partial charge on any atom is -0.446 e. The summed E-state index contributed by atoms with van der Waals surface area (Å²) in [5, 5.41) is 6.94. The smallest absolute Gasteiger partial charge is 0.407 e. The van der Waals surface area contributed by atoms with Crippen LogP contribution in [0.4, 0.5) is 4.79 Å². The first-order valence-electron chi connectivity index (χ1n) is 7.58. The van der Waals surface area contributed by atoms with Gasteiger partial charge in [0.05, 0.1) is 6.20 Å². The molecule has 2 aromatic heterocycles. The second-order valence-corrected chi connectivity index (χ2v) is 5.65. The van der Waals surface area contributed by atoms with Crippen molar-refractivity contribution in [3.05, 3.63) is 36.4 Å². The molecule has 0 aromatic carbocycles. The van der Waals surface area contributed by atoms with Crippen LogP contribution in [-0.2, 0) is 18.3 Å². The van der Waals surface area contributed by atoms with Crippen molar-refractivity contribution >= 4 is 6.09 Å². The quantitative estimate of drug-likeness (QED) is 0.942. The number of rotatable bonds is 4. The number of alkyl carbamates (subject to hydrolysis) is 1. The SMILES string of the molecule is Cn1cc(-c2cncc(CNC(=O)OC3CCCC3)c2)cn1. The van der Waals surface area contributed by atoms with Crippen LogP contribution >= 0.6 is 0 Å². The molecule has 1 saturated carbocycles. The second-order valence-electron chi connectivity index (χ2n) is 5.65. The topological polar surface area (TPSA) is 69.0 Å². The second kappa shape index (κ2) is 6.60. The van der Waals surface area contributed by atoms with E-state index in [9.17, 15) is 4.79 Å². The summed E-state index contributed by atoms with van der Waals surface area (Å²) in [7, 11) is 1.88. The lowest BCUT2D eigenvalue weighted by Gasteiger charge is -2.12. The van der Waals surface area contributed by atoms with Crippen LogP contribution in [0, 0.1) is 0 Å². The highest BCUT2D eigenvalue weighted by Crippen LogP contribution is 2.21. The molecule has 0 bridgehead atoms. The lowest BCUT2D eigenvalue weighted by Crippen LogP contribution is -2.27. The van der Waals surface area contributed by atoms with Crippen molar-refractivity contribution in [2.24, 2.45) is 7.05 Å². The largest absolute Gasteiger partial charge is 0.446 e. The first-order chi connectivity index (χ1) is 10.7. The van der Waals surface area contributed by atoms with E-state index in [-0.39, 0.29) is 12.2 Å². The molecule has 0 aliphatic heterocycles. The molecule has 116 valence electrons. The zero-order chi connectivity index (χ0) is 15.4. The van der Waals surface area contributed by atoms with Crippen LogP contribution in [-0.4, -0.2) is 27.0 Å². The van der Waals surface area contributed by atoms with E-state index in [2.05, 4.69) is 15.4 Å². The first kappa shape index (κ1) is 14.6. The fourth-order valence-electron chi connectivity index (χ4n) is 2.69. The zero-order valence-electron chi connectivity index (χ0n) is 12.7. The number of amides is 1. The van der Waals surface area contributed by atoms with E-state index in [1.54, 1.807) is 23.3 Å². The van der Waals surface area contributed by atoms with E-state index in [1.807, 2.05) is 19.3 Å². The number of nitrogens with one attached hydrogen (secondary N) is 1. The zero-order valence-corrected chi connectivity index (χ0v) is 12.7. The van der Waals surface area contributed by atoms with E-state index in [0.717, 1.165) is 42.4 Å². The van der Waals surface area contributed by atoms with Crippen LogP contribution < -0.4 is 5.32 Å². The van der Waals surface area contributed by atoms with Gasteiger partial charge in [0, 0.05) is 43.3 Å². The third-order valence-corrected chi connectivity index (χ3v) is 3.85. The van der Waals surface area contributed by atoms with E-state index in [0.29, 0.717) is 6.54 Å². The molecule has 0 unspecified atom stereocenters.